The number of aromatic nitrogens is 3. The van der Waals surface area contributed by atoms with Crippen molar-refractivity contribution in [3.63, 3.8) is 0 Å². The van der Waals surface area contributed by atoms with Gasteiger partial charge in [-0.05, 0) is 30.2 Å². The summed E-state index contributed by atoms with van der Waals surface area (Å²) in [4.78, 5) is 8.15. The molecule has 1 unspecified atom stereocenters. The minimum absolute atomic E-state index is 0.188. The minimum atomic E-state index is 0.188. The standard InChI is InChI=1S/C19H20N4/c1-23-12-14(15-6-2-5-9-18(15)23)10-13(11-20)19-21-16-7-3-4-8-17(16)22-19/h2-9,12-13H,10-11,20H2,1H3,(H,21,22). The summed E-state index contributed by atoms with van der Waals surface area (Å²) in [7, 11) is 2.09. The predicted molar refractivity (Wildman–Crippen MR) is 94.5 cm³/mol. The molecule has 0 aliphatic heterocycles. The van der Waals surface area contributed by atoms with Crippen molar-refractivity contribution in [1.29, 1.82) is 0 Å². The van der Waals surface area contributed by atoms with Crippen LogP contribution in [0.25, 0.3) is 21.9 Å². The third-order valence-electron chi connectivity index (χ3n) is 4.52. The lowest BCUT2D eigenvalue weighted by molar-refractivity contribution is 0.659. The number of rotatable bonds is 4. The second-order valence-corrected chi connectivity index (χ2v) is 6.06. The monoisotopic (exact) mass is 304 g/mol. The van der Waals surface area contributed by atoms with E-state index in [2.05, 4.69) is 53.1 Å². The summed E-state index contributed by atoms with van der Waals surface area (Å²) < 4.78 is 2.18. The van der Waals surface area contributed by atoms with E-state index < -0.39 is 0 Å². The van der Waals surface area contributed by atoms with E-state index in [4.69, 9.17) is 10.7 Å². The maximum Gasteiger partial charge on any atom is 0.111 e. The molecule has 0 fully saturated rings. The number of hydrogen-bond donors (Lipinski definition) is 2. The number of fused-ring (bicyclic) bond motifs is 2. The van der Waals surface area contributed by atoms with Gasteiger partial charge in [0.2, 0.25) is 0 Å². The summed E-state index contributed by atoms with van der Waals surface area (Å²) >= 11 is 0. The van der Waals surface area contributed by atoms with Crippen molar-refractivity contribution in [2.24, 2.45) is 12.8 Å². The largest absolute Gasteiger partial charge is 0.350 e. The van der Waals surface area contributed by atoms with Crippen LogP contribution in [-0.2, 0) is 13.5 Å². The van der Waals surface area contributed by atoms with Crippen LogP contribution in [0.1, 0.15) is 17.3 Å². The molecule has 0 aliphatic carbocycles. The number of imidazole rings is 1. The molecule has 1 atom stereocenters. The van der Waals surface area contributed by atoms with Crippen LogP contribution in [0.5, 0.6) is 0 Å². The number of para-hydroxylation sites is 3. The number of nitrogens with two attached hydrogens (primary N) is 1. The Kier molecular flexibility index (Phi) is 3.39. The van der Waals surface area contributed by atoms with Crippen LogP contribution in [0.3, 0.4) is 0 Å². The van der Waals surface area contributed by atoms with Gasteiger partial charge >= 0.3 is 0 Å². The van der Waals surface area contributed by atoms with Gasteiger partial charge in [0.15, 0.2) is 0 Å². The highest BCUT2D eigenvalue weighted by atomic mass is 14.9. The van der Waals surface area contributed by atoms with Crippen molar-refractivity contribution in [2.75, 3.05) is 6.54 Å². The van der Waals surface area contributed by atoms with Gasteiger partial charge in [0.1, 0.15) is 5.82 Å². The number of H-pyrrole nitrogens is 1. The van der Waals surface area contributed by atoms with Crippen LogP contribution >= 0.6 is 0 Å². The maximum atomic E-state index is 6.06. The number of hydrogen-bond acceptors (Lipinski definition) is 2. The fourth-order valence-electron chi connectivity index (χ4n) is 3.31. The molecule has 4 rings (SSSR count). The number of aromatic amines is 1. The van der Waals surface area contributed by atoms with Gasteiger partial charge in [-0.25, -0.2) is 4.98 Å². The van der Waals surface area contributed by atoms with Crippen LogP contribution in [0.2, 0.25) is 0 Å². The van der Waals surface area contributed by atoms with E-state index in [0.29, 0.717) is 6.54 Å². The molecule has 2 aromatic heterocycles. The van der Waals surface area contributed by atoms with Crippen molar-refractivity contribution in [2.45, 2.75) is 12.3 Å². The Labute approximate surface area is 134 Å². The first kappa shape index (κ1) is 14.0. The fourth-order valence-corrected chi connectivity index (χ4v) is 3.31. The van der Waals surface area contributed by atoms with Crippen molar-refractivity contribution >= 4 is 21.9 Å². The Morgan fingerprint density at radius 1 is 1.13 bits per heavy atom. The second kappa shape index (κ2) is 5.56. The van der Waals surface area contributed by atoms with E-state index >= 15 is 0 Å². The lowest BCUT2D eigenvalue weighted by Gasteiger charge is -2.11. The SMILES string of the molecule is Cn1cc(CC(CN)c2nc3ccccc3[nH]2)c2ccccc21. The molecule has 3 N–H and O–H groups in total. The molecule has 2 heterocycles. The molecular formula is C19H20N4. The molecule has 23 heavy (non-hydrogen) atoms. The average molecular weight is 304 g/mol. The second-order valence-electron chi connectivity index (χ2n) is 6.06. The summed E-state index contributed by atoms with van der Waals surface area (Å²) in [5.74, 6) is 1.16. The molecule has 0 aliphatic rings. The van der Waals surface area contributed by atoms with Crippen LogP contribution in [-0.4, -0.2) is 21.1 Å². The molecule has 2 aromatic carbocycles. The van der Waals surface area contributed by atoms with Crippen molar-refractivity contribution in [1.82, 2.24) is 14.5 Å². The highest BCUT2D eigenvalue weighted by Crippen LogP contribution is 2.26. The van der Waals surface area contributed by atoms with Gasteiger partial charge in [-0.2, -0.15) is 0 Å². The number of nitrogens with one attached hydrogen (secondary N) is 1. The first-order valence-electron chi connectivity index (χ1n) is 7.94. The van der Waals surface area contributed by atoms with Crippen LogP contribution in [0.15, 0.2) is 54.7 Å². The predicted octanol–water partition coefficient (Wildman–Crippen LogP) is 3.34. The number of aryl methyl sites for hydroxylation is 1. The molecule has 0 spiro atoms. The zero-order valence-electron chi connectivity index (χ0n) is 13.2. The van der Waals surface area contributed by atoms with E-state index in [9.17, 15) is 0 Å². The molecule has 0 saturated carbocycles. The highest BCUT2D eigenvalue weighted by molar-refractivity contribution is 5.84. The van der Waals surface area contributed by atoms with E-state index in [1.54, 1.807) is 0 Å². The molecule has 0 bridgehead atoms. The third-order valence-corrected chi connectivity index (χ3v) is 4.52. The Bertz CT molecular complexity index is 931. The normalized spacial score (nSPS) is 13.0. The summed E-state index contributed by atoms with van der Waals surface area (Å²) in [6.07, 6.45) is 3.09. The first-order chi connectivity index (χ1) is 11.3. The van der Waals surface area contributed by atoms with Crippen molar-refractivity contribution < 1.29 is 0 Å². The van der Waals surface area contributed by atoms with Gasteiger partial charge in [0, 0.05) is 36.6 Å². The van der Waals surface area contributed by atoms with Gasteiger partial charge in [-0.15, -0.1) is 0 Å². The smallest absolute Gasteiger partial charge is 0.111 e. The zero-order chi connectivity index (χ0) is 15.8. The van der Waals surface area contributed by atoms with Crippen LogP contribution < -0.4 is 5.73 Å². The van der Waals surface area contributed by atoms with Crippen LogP contribution in [0.4, 0.5) is 0 Å². The van der Waals surface area contributed by atoms with E-state index in [-0.39, 0.29) is 5.92 Å². The van der Waals surface area contributed by atoms with Gasteiger partial charge in [0.25, 0.3) is 0 Å². The Balaban J connectivity index is 1.72. The molecule has 4 aromatic rings. The zero-order valence-corrected chi connectivity index (χ0v) is 13.2. The molecular weight excluding hydrogens is 284 g/mol. The van der Waals surface area contributed by atoms with Crippen molar-refractivity contribution in [3.8, 4) is 0 Å². The number of benzene rings is 2. The lowest BCUT2D eigenvalue weighted by Crippen LogP contribution is -2.16. The quantitative estimate of drug-likeness (QED) is 0.607. The summed E-state index contributed by atoms with van der Waals surface area (Å²) in [6.45, 7) is 0.572. The highest BCUT2D eigenvalue weighted by Gasteiger charge is 2.17. The molecule has 0 radical (unpaired) electrons. The Morgan fingerprint density at radius 3 is 2.74 bits per heavy atom. The summed E-state index contributed by atoms with van der Waals surface area (Å²) in [5, 5.41) is 1.30. The van der Waals surface area contributed by atoms with Gasteiger partial charge in [0.05, 0.1) is 11.0 Å². The van der Waals surface area contributed by atoms with E-state index in [0.717, 1.165) is 23.3 Å². The summed E-state index contributed by atoms with van der Waals surface area (Å²) in [5.41, 5.74) is 10.7. The van der Waals surface area contributed by atoms with Gasteiger partial charge in [-0.3, -0.25) is 0 Å². The average Bonchev–Trinajstić information content (AvgIpc) is 3.14. The molecule has 116 valence electrons. The minimum Gasteiger partial charge on any atom is -0.350 e. The Morgan fingerprint density at radius 2 is 1.91 bits per heavy atom. The maximum absolute atomic E-state index is 6.06. The number of nitrogens with zero attached hydrogens (tertiary/aromatic N) is 2. The fraction of sp³-hybridized carbons (Fsp3) is 0.211. The molecule has 0 amide bonds. The van der Waals surface area contributed by atoms with Crippen molar-refractivity contribution in [3.05, 3.63) is 66.1 Å². The van der Waals surface area contributed by atoms with E-state index in [1.165, 1.54) is 16.5 Å². The topological polar surface area (TPSA) is 59.6 Å². The van der Waals surface area contributed by atoms with Gasteiger partial charge < -0.3 is 15.3 Å². The molecule has 4 nitrogen and oxygen atoms in total. The first-order valence-corrected chi connectivity index (χ1v) is 7.94. The molecule has 4 heteroatoms. The lowest BCUT2D eigenvalue weighted by atomic mass is 9.98. The Hall–Kier alpha value is -2.59. The van der Waals surface area contributed by atoms with E-state index in [1.807, 2.05) is 18.2 Å². The summed E-state index contributed by atoms with van der Waals surface area (Å²) in [6, 6.07) is 16.6. The molecule has 0 saturated heterocycles. The van der Waals surface area contributed by atoms with Gasteiger partial charge in [-0.1, -0.05) is 30.3 Å². The van der Waals surface area contributed by atoms with Crippen LogP contribution in [0, 0.1) is 0 Å². The third kappa shape index (κ3) is 2.41.